The third-order valence-corrected chi connectivity index (χ3v) is 6.20. The van der Waals surface area contributed by atoms with E-state index in [0.717, 1.165) is 5.75 Å². The lowest BCUT2D eigenvalue weighted by molar-refractivity contribution is -0.122. The van der Waals surface area contributed by atoms with Crippen LogP contribution in [-0.2, 0) is 14.8 Å². The molecule has 2 aliphatic heterocycles. The van der Waals surface area contributed by atoms with Crippen molar-refractivity contribution in [3.63, 3.8) is 0 Å². The number of hydrogen-bond acceptors (Lipinski definition) is 6. The molecular weight excluding hydrogens is 326 g/mol. The molecule has 3 rings (SSSR count). The fraction of sp³-hybridized carbons (Fsp3) is 0.308. The average Bonchev–Trinajstić information content (AvgIpc) is 3.05. The summed E-state index contributed by atoms with van der Waals surface area (Å²) in [5.74, 6) is -0.478. The van der Waals surface area contributed by atoms with Crippen LogP contribution in [0, 0.1) is 0 Å². The van der Waals surface area contributed by atoms with Crippen molar-refractivity contribution >= 4 is 38.8 Å². The van der Waals surface area contributed by atoms with Gasteiger partial charge in [0.2, 0.25) is 5.91 Å². The Morgan fingerprint density at radius 2 is 2.14 bits per heavy atom. The topological polar surface area (TPSA) is 95.9 Å². The zero-order valence-electron chi connectivity index (χ0n) is 11.6. The molecule has 0 radical (unpaired) electrons. The van der Waals surface area contributed by atoms with Crippen molar-refractivity contribution in [1.29, 1.82) is 0 Å². The summed E-state index contributed by atoms with van der Waals surface area (Å²) in [6, 6.07) is 4.79. The number of rotatable bonds is 2. The van der Waals surface area contributed by atoms with E-state index < -0.39 is 27.9 Å². The number of amidine groups is 1. The van der Waals surface area contributed by atoms with Gasteiger partial charge >= 0.3 is 0 Å². The molecule has 0 bridgehead atoms. The molecule has 1 aromatic rings. The van der Waals surface area contributed by atoms with Gasteiger partial charge in [-0.15, -0.1) is 0 Å². The molecule has 2 heterocycles. The SMILES string of the molecule is CC(C(=O)NC1=NCCS1)N1C(=O)c2ccccc2S1(=O)=O. The van der Waals surface area contributed by atoms with Crippen molar-refractivity contribution in [1.82, 2.24) is 9.62 Å². The Labute approximate surface area is 131 Å². The summed E-state index contributed by atoms with van der Waals surface area (Å²) in [6.45, 7) is 2.00. The Morgan fingerprint density at radius 3 is 2.77 bits per heavy atom. The number of hydrogen-bond donors (Lipinski definition) is 1. The summed E-state index contributed by atoms with van der Waals surface area (Å²) < 4.78 is 25.6. The van der Waals surface area contributed by atoms with E-state index in [9.17, 15) is 18.0 Å². The predicted molar refractivity (Wildman–Crippen MR) is 82.2 cm³/mol. The van der Waals surface area contributed by atoms with Crippen molar-refractivity contribution in [3.8, 4) is 0 Å². The van der Waals surface area contributed by atoms with E-state index in [2.05, 4.69) is 10.3 Å². The van der Waals surface area contributed by atoms with E-state index in [-0.39, 0.29) is 10.5 Å². The van der Waals surface area contributed by atoms with Crippen molar-refractivity contribution in [3.05, 3.63) is 29.8 Å². The van der Waals surface area contributed by atoms with Gasteiger partial charge in [0, 0.05) is 5.75 Å². The van der Waals surface area contributed by atoms with Crippen LogP contribution in [0.2, 0.25) is 0 Å². The molecule has 0 saturated heterocycles. The summed E-state index contributed by atoms with van der Waals surface area (Å²) >= 11 is 1.38. The van der Waals surface area contributed by atoms with Crippen LogP contribution < -0.4 is 5.32 Å². The fourth-order valence-electron chi connectivity index (χ4n) is 2.31. The van der Waals surface area contributed by atoms with Crippen molar-refractivity contribution in [2.24, 2.45) is 4.99 Å². The number of benzene rings is 1. The van der Waals surface area contributed by atoms with Crippen LogP contribution >= 0.6 is 11.8 Å². The molecule has 0 fully saturated rings. The third kappa shape index (κ3) is 2.30. The van der Waals surface area contributed by atoms with Gasteiger partial charge < -0.3 is 5.32 Å². The molecule has 0 aliphatic carbocycles. The highest BCUT2D eigenvalue weighted by Crippen LogP contribution is 2.31. The number of nitrogens with one attached hydrogen (secondary N) is 1. The standard InChI is InChI=1S/C13H13N3O4S2/c1-8(11(17)15-13-14-6-7-21-13)16-12(18)9-4-2-3-5-10(9)22(16,19)20/h2-5,8H,6-7H2,1H3,(H,14,15,17). The van der Waals surface area contributed by atoms with E-state index in [4.69, 9.17) is 0 Å². The molecule has 0 spiro atoms. The number of fused-ring (bicyclic) bond motifs is 1. The first kappa shape index (κ1) is 15.0. The lowest BCUT2D eigenvalue weighted by Gasteiger charge is -2.22. The van der Waals surface area contributed by atoms with E-state index in [1.807, 2.05) is 0 Å². The largest absolute Gasteiger partial charge is 0.304 e. The van der Waals surface area contributed by atoms with Gasteiger partial charge in [-0.05, 0) is 19.1 Å². The first-order valence-electron chi connectivity index (χ1n) is 6.59. The Kier molecular flexibility index (Phi) is 3.69. The lowest BCUT2D eigenvalue weighted by atomic mass is 10.2. The lowest BCUT2D eigenvalue weighted by Crippen LogP contribution is -2.48. The fourth-order valence-corrected chi connectivity index (χ4v) is 4.77. The van der Waals surface area contributed by atoms with Gasteiger partial charge in [-0.2, -0.15) is 0 Å². The van der Waals surface area contributed by atoms with Crippen LogP contribution in [0.15, 0.2) is 34.2 Å². The average molecular weight is 339 g/mol. The van der Waals surface area contributed by atoms with Gasteiger partial charge in [0.05, 0.1) is 12.1 Å². The zero-order valence-corrected chi connectivity index (χ0v) is 13.3. The normalized spacial score (nSPS) is 20.5. The second kappa shape index (κ2) is 5.40. The molecule has 1 N–H and O–H groups in total. The number of thioether (sulfide) groups is 1. The minimum Gasteiger partial charge on any atom is -0.304 e. The molecule has 2 amide bonds. The molecular formula is C13H13N3O4S2. The zero-order chi connectivity index (χ0) is 15.9. The van der Waals surface area contributed by atoms with Crippen LogP contribution in [0.1, 0.15) is 17.3 Å². The molecule has 0 saturated carbocycles. The first-order valence-corrected chi connectivity index (χ1v) is 9.01. The molecule has 0 aromatic heterocycles. The number of nitrogens with zero attached hydrogens (tertiary/aromatic N) is 2. The number of carbonyl (C=O) groups is 2. The second-order valence-electron chi connectivity index (χ2n) is 4.80. The third-order valence-electron chi connectivity index (χ3n) is 3.40. The Hall–Kier alpha value is -1.87. The quantitative estimate of drug-likeness (QED) is 0.843. The van der Waals surface area contributed by atoms with E-state index in [1.54, 1.807) is 12.1 Å². The number of sulfonamides is 1. The Bertz CT molecular complexity index is 788. The van der Waals surface area contributed by atoms with Gasteiger partial charge in [0.15, 0.2) is 5.17 Å². The van der Waals surface area contributed by atoms with Crippen molar-refractivity contribution in [2.75, 3.05) is 12.3 Å². The van der Waals surface area contributed by atoms with Crippen LogP contribution in [0.25, 0.3) is 0 Å². The van der Waals surface area contributed by atoms with E-state index in [1.165, 1.54) is 30.8 Å². The van der Waals surface area contributed by atoms with Gasteiger partial charge in [0.25, 0.3) is 15.9 Å². The molecule has 22 heavy (non-hydrogen) atoms. The van der Waals surface area contributed by atoms with Crippen molar-refractivity contribution < 1.29 is 18.0 Å². The van der Waals surface area contributed by atoms with Crippen LogP contribution in [0.4, 0.5) is 0 Å². The smallest absolute Gasteiger partial charge is 0.269 e. The maximum atomic E-state index is 12.5. The predicted octanol–water partition coefficient (Wildman–Crippen LogP) is 0.439. The minimum atomic E-state index is -4.00. The van der Waals surface area contributed by atoms with Gasteiger partial charge in [-0.25, -0.2) is 12.7 Å². The Morgan fingerprint density at radius 1 is 1.41 bits per heavy atom. The minimum absolute atomic E-state index is 0.0627. The summed E-state index contributed by atoms with van der Waals surface area (Å²) in [5.41, 5.74) is 0.0923. The molecule has 1 atom stereocenters. The number of carbonyl (C=O) groups excluding carboxylic acids is 2. The van der Waals surface area contributed by atoms with Crippen LogP contribution in [0.5, 0.6) is 0 Å². The summed E-state index contributed by atoms with van der Waals surface area (Å²) in [5, 5.41) is 3.01. The number of amides is 2. The summed E-state index contributed by atoms with van der Waals surface area (Å²) in [4.78, 5) is 28.5. The molecule has 1 unspecified atom stereocenters. The van der Waals surface area contributed by atoms with E-state index in [0.29, 0.717) is 16.0 Å². The molecule has 1 aromatic carbocycles. The maximum absolute atomic E-state index is 12.5. The van der Waals surface area contributed by atoms with Gasteiger partial charge in [-0.3, -0.25) is 14.6 Å². The Balaban J connectivity index is 1.89. The summed E-state index contributed by atoms with van der Waals surface area (Å²) in [7, 11) is -4.00. The summed E-state index contributed by atoms with van der Waals surface area (Å²) in [6.07, 6.45) is 0. The van der Waals surface area contributed by atoms with Crippen molar-refractivity contribution in [2.45, 2.75) is 17.9 Å². The second-order valence-corrected chi connectivity index (χ2v) is 7.67. The van der Waals surface area contributed by atoms with Gasteiger partial charge in [0.1, 0.15) is 10.9 Å². The highest BCUT2D eigenvalue weighted by Gasteiger charge is 2.45. The van der Waals surface area contributed by atoms with Crippen LogP contribution in [-0.4, -0.2) is 48.0 Å². The monoisotopic (exact) mass is 339 g/mol. The highest BCUT2D eigenvalue weighted by atomic mass is 32.2. The first-order chi connectivity index (χ1) is 10.4. The highest BCUT2D eigenvalue weighted by molar-refractivity contribution is 8.14. The molecule has 9 heteroatoms. The maximum Gasteiger partial charge on any atom is 0.269 e. The van der Waals surface area contributed by atoms with Gasteiger partial charge in [-0.1, -0.05) is 23.9 Å². The number of aliphatic imine (C=N–C) groups is 1. The molecule has 116 valence electrons. The van der Waals surface area contributed by atoms with E-state index >= 15 is 0 Å². The molecule has 2 aliphatic rings. The molecule has 7 nitrogen and oxygen atoms in total. The van der Waals surface area contributed by atoms with Crippen LogP contribution in [0.3, 0.4) is 0 Å².